The fraction of sp³-hybridized carbons (Fsp3) is 0.417. The van der Waals surface area contributed by atoms with Crippen LogP contribution in [0.25, 0.3) is 0 Å². The molecular formula is C12H17NO5S. The molecule has 106 valence electrons. The number of phenolic OH excluding ortho intramolecular Hbond substituents is 1. The van der Waals surface area contributed by atoms with Crippen LogP contribution in [0.4, 0.5) is 5.69 Å². The molecule has 0 bridgehead atoms. The third-order valence-electron chi connectivity index (χ3n) is 2.66. The van der Waals surface area contributed by atoms with Gasteiger partial charge in [0.2, 0.25) is 10.0 Å². The lowest BCUT2D eigenvalue weighted by Crippen LogP contribution is -2.34. The van der Waals surface area contributed by atoms with E-state index in [2.05, 4.69) is 0 Å². The van der Waals surface area contributed by atoms with Crippen molar-refractivity contribution >= 4 is 21.7 Å². The first-order chi connectivity index (χ1) is 8.77. The van der Waals surface area contributed by atoms with Crippen LogP contribution < -0.4 is 4.31 Å². The molecule has 0 amide bonds. The Morgan fingerprint density at radius 2 is 2.00 bits per heavy atom. The number of carbonyl (C=O) groups is 1. The number of hydrogen-bond acceptors (Lipinski definition) is 4. The van der Waals surface area contributed by atoms with E-state index in [0.717, 1.165) is 4.31 Å². The number of benzene rings is 1. The zero-order valence-electron chi connectivity index (χ0n) is 10.8. The summed E-state index contributed by atoms with van der Waals surface area (Å²) in [6, 6.07) is 4.44. The Morgan fingerprint density at radius 3 is 2.53 bits per heavy atom. The van der Waals surface area contributed by atoms with Crippen LogP contribution in [0, 0.1) is 6.92 Å². The van der Waals surface area contributed by atoms with Gasteiger partial charge in [0, 0.05) is 12.6 Å². The molecule has 2 N–H and O–H groups in total. The molecule has 7 heteroatoms. The molecule has 0 aliphatic carbocycles. The molecule has 0 saturated heterocycles. The molecule has 0 fully saturated rings. The van der Waals surface area contributed by atoms with E-state index in [-0.39, 0.29) is 12.3 Å². The Kier molecular flexibility index (Phi) is 4.77. The Bertz CT molecular complexity index is 567. The second-order valence-corrected chi connectivity index (χ2v) is 6.11. The highest BCUT2D eigenvalue weighted by molar-refractivity contribution is 7.92. The number of carboxylic acids is 1. The van der Waals surface area contributed by atoms with Crippen LogP contribution in [0.5, 0.6) is 5.75 Å². The first-order valence-electron chi connectivity index (χ1n) is 5.79. The molecule has 1 aromatic rings. The van der Waals surface area contributed by atoms with Gasteiger partial charge in [-0.1, -0.05) is 6.07 Å². The lowest BCUT2D eigenvalue weighted by Gasteiger charge is -2.24. The molecule has 0 aliphatic rings. The van der Waals surface area contributed by atoms with Crippen molar-refractivity contribution in [1.29, 1.82) is 0 Å². The van der Waals surface area contributed by atoms with E-state index in [1.807, 2.05) is 0 Å². The quantitative estimate of drug-likeness (QED) is 0.823. The standard InChI is InChI=1S/C12H17NO5S/c1-3-13(19(17,18)7-6-12(15)16)11-8-10(14)5-4-9(11)2/h4-5,8,14H,3,6-7H2,1-2H3,(H,15,16). The number of aryl methyl sites for hydroxylation is 1. The van der Waals surface area contributed by atoms with Crippen LogP contribution in [-0.4, -0.2) is 36.9 Å². The van der Waals surface area contributed by atoms with Crippen LogP contribution >= 0.6 is 0 Å². The number of rotatable bonds is 6. The molecule has 0 aromatic heterocycles. The van der Waals surface area contributed by atoms with Gasteiger partial charge in [-0.3, -0.25) is 9.10 Å². The average molecular weight is 287 g/mol. The second kappa shape index (κ2) is 5.92. The zero-order valence-corrected chi connectivity index (χ0v) is 11.6. The molecule has 6 nitrogen and oxygen atoms in total. The van der Waals surface area contributed by atoms with Crippen LogP contribution in [-0.2, 0) is 14.8 Å². The van der Waals surface area contributed by atoms with E-state index in [4.69, 9.17) is 5.11 Å². The molecule has 19 heavy (non-hydrogen) atoms. The monoisotopic (exact) mass is 287 g/mol. The average Bonchev–Trinajstić information content (AvgIpc) is 2.32. The Balaban J connectivity index is 3.12. The van der Waals surface area contributed by atoms with Gasteiger partial charge in [-0.15, -0.1) is 0 Å². The summed E-state index contributed by atoms with van der Waals surface area (Å²) in [6.45, 7) is 3.55. The summed E-state index contributed by atoms with van der Waals surface area (Å²) in [7, 11) is -3.72. The third-order valence-corrected chi connectivity index (χ3v) is 4.50. The van der Waals surface area contributed by atoms with Crippen molar-refractivity contribution in [2.75, 3.05) is 16.6 Å². The zero-order chi connectivity index (χ0) is 14.6. The van der Waals surface area contributed by atoms with E-state index in [1.165, 1.54) is 12.1 Å². The van der Waals surface area contributed by atoms with Crippen molar-refractivity contribution in [1.82, 2.24) is 0 Å². The maximum Gasteiger partial charge on any atom is 0.304 e. The molecule has 0 aliphatic heterocycles. The van der Waals surface area contributed by atoms with E-state index >= 15 is 0 Å². The van der Waals surface area contributed by atoms with Crippen LogP contribution in [0.2, 0.25) is 0 Å². The summed E-state index contributed by atoms with van der Waals surface area (Å²) >= 11 is 0. The number of anilines is 1. The van der Waals surface area contributed by atoms with Crippen molar-refractivity contribution in [3.63, 3.8) is 0 Å². The van der Waals surface area contributed by atoms with Crippen molar-refractivity contribution in [2.24, 2.45) is 0 Å². The number of nitrogens with zero attached hydrogens (tertiary/aromatic N) is 1. The number of sulfonamides is 1. The lowest BCUT2D eigenvalue weighted by atomic mass is 10.2. The van der Waals surface area contributed by atoms with E-state index in [9.17, 15) is 18.3 Å². The summed E-state index contributed by atoms with van der Waals surface area (Å²) < 4.78 is 25.3. The summed E-state index contributed by atoms with van der Waals surface area (Å²) in [4.78, 5) is 10.5. The number of hydrogen-bond donors (Lipinski definition) is 2. The largest absolute Gasteiger partial charge is 0.508 e. The number of aromatic hydroxyl groups is 1. The summed E-state index contributed by atoms with van der Waals surface area (Å²) in [5.74, 6) is -1.66. The molecule has 0 spiro atoms. The highest BCUT2D eigenvalue weighted by Gasteiger charge is 2.23. The van der Waals surface area contributed by atoms with Gasteiger partial charge >= 0.3 is 5.97 Å². The smallest absolute Gasteiger partial charge is 0.304 e. The molecular weight excluding hydrogens is 270 g/mol. The number of carboxylic acid groups (broad SMARTS) is 1. The molecule has 0 heterocycles. The van der Waals surface area contributed by atoms with Gasteiger partial charge in [-0.2, -0.15) is 0 Å². The fourth-order valence-corrected chi connectivity index (χ4v) is 3.25. The maximum atomic E-state index is 12.1. The third kappa shape index (κ3) is 3.85. The Hall–Kier alpha value is -1.76. The molecule has 0 atom stereocenters. The Morgan fingerprint density at radius 1 is 1.37 bits per heavy atom. The molecule has 0 radical (unpaired) electrons. The van der Waals surface area contributed by atoms with Gasteiger partial charge in [0.05, 0.1) is 17.9 Å². The second-order valence-electron chi connectivity index (χ2n) is 4.10. The SMILES string of the molecule is CCN(c1cc(O)ccc1C)S(=O)(=O)CCC(=O)O. The van der Waals surface area contributed by atoms with E-state index in [0.29, 0.717) is 11.3 Å². The van der Waals surface area contributed by atoms with Gasteiger partial charge in [0.25, 0.3) is 0 Å². The normalized spacial score (nSPS) is 11.3. The summed E-state index contributed by atoms with van der Waals surface area (Å²) in [5, 5.41) is 18.0. The lowest BCUT2D eigenvalue weighted by molar-refractivity contribution is -0.136. The number of phenols is 1. The predicted molar refractivity (Wildman–Crippen MR) is 71.9 cm³/mol. The minimum Gasteiger partial charge on any atom is -0.508 e. The van der Waals surface area contributed by atoms with Crippen LogP contribution in [0.1, 0.15) is 18.9 Å². The maximum absolute atomic E-state index is 12.1. The highest BCUT2D eigenvalue weighted by atomic mass is 32.2. The van der Waals surface area contributed by atoms with Gasteiger partial charge in [0.15, 0.2) is 0 Å². The van der Waals surface area contributed by atoms with Gasteiger partial charge in [0.1, 0.15) is 5.75 Å². The minimum atomic E-state index is -3.72. The summed E-state index contributed by atoms with van der Waals surface area (Å²) in [6.07, 6.45) is -0.448. The Labute approximate surface area is 112 Å². The topological polar surface area (TPSA) is 94.9 Å². The van der Waals surface area contributed by atoms with Crippen molar-refractivity contribution in [3.05, 3.63) is 23.8 Å². The van der Waals surface area contributed by atoms with Gasteiger partial charge in [-0.05, 0) is 25.5 Å². The number of aliphatic carboxylic acids is 1. The summed E-state index contributed by atoms with van der Waals surface area (Å²) in [5.41, 5.74) is 1.06. The van der Waals surface area contributed by atoms with E-state index in [1.54, 1.807) is 19.9 Å². The molecule has 0 unspecified atom stereocenters. The highest BCUT2D eigenvalue weighted by Crippen LogP contribution is 2.27. The van der Waals surface area contributed by atoms with Crippen LogP contribution in [0.15, 0.2) is 18.2 Å². The molecule has 0 saturated carbocycles. The van der Waals surface area contributed by atoms with E-state index < -0.39 is 28.2 Å². The van der Waals surface area contributed by atoms with Gasteiger partial charge < -0.3 is 10.2 Å². The van der Waals surface area contributed by atoms with Gasteiger partial charge in [-0.25, -0.2) is 8.42 Å². The van der Waals surface area contributed by atoms with Crippen molar-refractivity contribution in [3.8, 4) is 5.75 Å². The minimum absolute atomic E-state index is 0.0347. The van der Waals surface area contributed by atoms with Crippen molar-refractivity contribution < 1.29 is 23.4 Å². The van der Waals surface area contributed by atoms with Crippen molar-refractivity contribution in [2.45, 2.75) is 20.3 Å². The molecule has 1 rings (SSSR count). The first-order valence-corrected chi connectivity index (χ1v) is 7.40. The fourth-order valence-electron chi connectivity index (χ4n) is 1.71. The first kappa shape index (κ1) is 15.3. The molecule has 1 aromatic carbocycles. The predicted octanol–water partition coefficient (Wildman–Crippen LogP) is 1.33. The van der Waals surface area contributed by atoms with Crippen LogP contribution in [0.3, 0.4) is 0 Å².